The first kappa shape index (κ1) is 25.9. The van der Waals surface area contributed by atoms with Gasteiger partial charge in [0.1, 0.15) is 17.1 Å². The van der Waals surface area contributed by atoms with Gasteiger partial charge in [-0.15, -0.1) is 12.4 Å². The zero-order chi connectivity index (χ0) is 24.4. The van der Waals surface area contributed by atoms with E-state index in [9.17, 15) is 14.3 Å². The van der Waals surface area contributed by atoms with Gasteiger partial charge in [0, 0.05) is 25.2 Å². The Morgan fingerprint density at radius 2 is 1.78 bits per heavy atom. The molecule has 0 amide bonds. The molecule has 1 atom stereocenters. The smallest absolute Gasteiger partial charge is 0.339 e. The maximum absolute atomic E-state index is 13.1. The van der Waals surface area contributed by atoms with Crippen LogP contribution in [-0.4, -0.2) is 16.6 Å². The standard InChI is InChI=1S/C30H30FNO3.ClH/c1-20(6-5-9-21-10-12-24(31)13-11-21)23-16-27(33)29-26-19-32(18-22-7-3-2-4-8-22)15-14-25(26)30(34)35-28(29)17-23;/h2-4,7-8,10-13,16-17,20,33H,5-6,9,14-15,18-19H2,1H3;1H. The van der Waals surface area contributed by atoms with Crippen molar-refractivity contribution in [3.05, 3.63) is 111 Å². The van der Waals surface area contributed by atoms with Crippen molar-refractivity contribution in [1.29, 1.82) is 0 Å². The summed E-state index contributed by atoms with van der Waals surface area (Å²) in [5.74, 6) is 0.131. The predicted molar refractivity (Wildman–Crippen MR) is 143 cm³/mol. The molecule has 0 saturated heterocycles. The minimum absolute atomic E-state index is 0. The van der Waals surface area contributed by atoms with Crippen LogP contribution in [0.15, 0.2) is 75.9 Å². The summed E-state index contributed by atoms with van der Waals surface area (Å²) in [7, 11) is 0. The number of halogens is 2. The lowest BCUT2D eigenvalue weighted by molar-refractivity contribution is 0.243. The van der Waals surface area contributed by atoms with Crippen LogP contribution in [0.5, 0.6) is 5.75 Å². The third kappa shape index (κ3) is 5.63. The summed E-state index contributed by atoms with van der Waals surface area (Å²) in [4.78, 5) is 15.1. The highest BCUT2D eigenvalue weighted by Crippen LogP contribution is 2.36. The van der Waals surface area contributed by atoms with Gasteiger partial charge in [0.25, 0.3) is 0 Å². The second-order valence-corrected chi connectivity index (χ2v) is 9.63. The number of nitrogens with zero attached hydrogens (tertiary/aromatic N) is 1. The van der Waals surface area contributed by atoms with E-state index in [1.807, 2.05) is 42.5 Å². The zero-order valence-corrected chi connectivity index (χ0v) is 21.2. The van der Waals surface area contributed by atoms with E-state index in [-0.39, 0.29) is 35.5 Å². The second kappa shape index (κ2) is 11.3. The number of hydrogen-bond acceptors (Lipinski definition) is 4. The number of rotatable bonds is 7. The molecule has 6 heteroatoms. The van der Waals surface area contributed by atoms with Crippen molar-refractivity contribution in [2.24, 2.45) is 0 Å². The third-order valence-electron chi connectivity index (χ3n) is 7.11. The first-order chi connectivity index (χ1) is 17.0. The number of aryl methyl sites for hydroxylation is 1. The summed E-state index contributed by atoms with van der Waals surface area (Å²) in [5.41, 5.74) is 5.00. The minimum atomic E-state index is -0.299. The molecule has 0 spiro atoms. The first-order valence-corrected chi connectivity index (χ1v) is 12.3. The molecular formula is C30H31ClFNO3. The molecule has 1 aliphatic rings. The van der Waals surface area contributed by atoms with Crippen molar-refractivity contribution in [3.63, 3.8) is 0 Å². The molecule has 1 aliphatic heterocycles. The maximum atomic E-state index is 13.1. The van der Waals surface area contributed by atoms with Gasteiger partial charge in [-0.3, -0.25) is 4.90 Å². The molecule has 4 aromatic rings. The first-order valence-electron chi connectivity index (χ1n) is 12.3. The lowest BCUT2D eigenvalue weighted by Gasteiger charge is -2.29. The van der Waals surface area contributed by atoms with Crippen LogP contribution in [-0.2, 0) is 25.9 Å². The van der Waals surface area contributed by atoms with E-state index >= 15 is 0 Å². The van der Waals surface area contributed by atoms with E-state index in [1.54, 1.807) is 0 Å². The van der Waals surface area contributed by atoms with Crippen LogP contribution in [0.25, 0.3) is 11.0 Å². The van der Waals surface area contributed by atoms with Gasteiger partial charge in [0.05, 0.1) is 5.39 Å². The minimum Gasteiger partial charge on any atom is -0.507 e. The Morgan fingerprint density at radius 3 is 2.53 bits per heavy atom. The summed E-state index contributed by atoms with van der Waals surface area (Å²) in [6, 6.07) is 20.6. The molecule has 1 aromatic heterocycles. The van der Waals surface area contributed by atoms with Gasteiger partial charge in [0.15, 0.2) is 0 Å². The fraction of sp³-hybridized carbons (Fsp3) is 0.300. The Bertz CT molecular complexity index is 1390. The average molecular weight is 508 g/mol. The molecule has 2 heterocycles. The normalized spacial score (nSPS) is 14.3. The van der Waals surface area contributed by atoms with Gasteiger partial charge in [0.2, 0.25) is 0 Å². The van der Waals surface area contributed by atoms with Gasteiger partial charge in [-0.25, -0.2) is 9.18 Å². The topological polar surface area (TPSA) is 53.7 Å². The van der Waals surface area contributed by atoms with Crippen LogP contribution in [0, 0.1) is 5.82 Å². The molecule has 3 aromatic carbocycles. The second-order valence-electron chi connectivity index (χ2n) is 9.63. The van der Waals surface area contributed by atoms with Gasteiger partial charge in [-0.2, -0.15) is 0 Å². The van der Waals surface area contributed by atoms with E-state index in [2.05, 4.69) is 24.0 Å². The maximum Gasteiger partial charge on any atom is 0.339 e. The molecule has 36 heavy (non-hydrogen) atoms. The molecule has 188 valence electrons. The van der Waals surface area contributed by atoms with Crippen LogP contribution in [0.2, 0.25) is 0 Å². The van der Waals surface area contributed by atoms with Crippen molar-refractivity contribution in [2.45, 2.75) is 51.6 Å². The molecule has 0 saturated carbocycles. The lowest BCUT2D eigenvalue weighted by Crippen LogP contribution is -2.33. The zero-order valence-electron chi connectivity index (χ0n) is 20.4. The van der Waals surface area contributed by atoms with Crippen molar-refractivity contribution < 1.29 is 13.9 Å². The van der Waals surface area contributed by atoms with Gasteiger partial charge in [-0.05, 0) is 78.1 Å². The summed E-state index contributed by atoms with van der Waals surface area (Å²) < 4.78 is 18.8. The Balaban J connectivity index is 0.00000304. The summed E-state index contributed by atoms with van der Waals surface area (Å²) >= 11 is 0. The molecule has 0 aliphatic carbocycles. The number of aromatic hydroxyl groups is 1. The highest BCUT2D eigenvalue weighted by Gasteiger charge is 2.25. The molecule has 0 bridgehead atoms. The Morgan fingerprint density at radius 1 is 1.03 bits per heavy atom. The molecule has 0 radical (unpaired) electrons. The molecule has 1 N–H and O–H groups in total. The summed E-state index contributed by atoms with van der Waals surface area (Å²) in [5, 5.41) is 11.7. The van der Waals surface area contributed by atoms with Gasteiger partial charge >= 0.3 is 5.63 Å². The summed E-state index contributed by atoms with van der Waals surface area (Å²) in [6.07, 6.45) is 3.32. The number of phenols is 1. The van der Waals surface area contributed by atoms with E-state index < -0.39 is 0 Å². The molecule has 4 nitrogen and oxygen atoms in total. The number of benzene rings is 3. The fourth-order valence-electron chi connectivity index (χ4n) is 5.13. The van der Waals surface area contributed by atoms with Crippen molar-refractivity contribution in [3.8, 4) is 5.75 Å². The molecular weight excluding hydrogens is 477 g/mol. The Kier molecular flexibility index (Phi) is 8.12. The molecule has 0 fully saturated rings. The largest absolute Gasteiger partial charge is 0.507 e. The lowest BCUT2D eigenvalue weighted by atomic mass is 9.91. The van der Waals surface area contributed by atoms with Crippen LogP contribution in [0.3, 0.4) is 0 Å². The van der Waals surface area contributed by atoms with Crippen LogP contribution >= 0.6 is 12.4 Å². The monoisotopic (exact) mass is 507 g/mol. The van der Waals surface area contributed by atoms with Gasteiger partial charge in [-0.1, -0.05) is 49.4 Å². The van der Waals surface area contributed by atoms with E-state index in [0.29, 0.717) is 29.5 Å². The third-order valence-corrected chi connectivity index (χ3v) is 7.11. The quantitative estimate of drug-likeness (QED) is 0.281. The Hall–Kier alpha value is -3.15. The van der Waals surface area contributed by atoms with E-state index in [4.69, 9.17) is 4.42 Å². The fourth-order valence-corrected chi connectivity index (χ4v) is 5.13. The summed E-state index contributed by atoms with van der Waals surface area (Å²) in [6.45, 7) is 4.30. The van der Waals surface area contributed by atoms with Crippen LogP contribution in [0.4, 0.5) is 4.39 Å². The van der Waals surface area contributed by atoms with Gasteiger partial charge < -0.3 is 9.52 Å². The number of fused-ring (bicyclic) bond motifs is 3. The van der Waals surface area contributed by atoms with Crippen molar-refractivity contribution in [1.82, 2.24) is 4.90 Å². The highest BCUT2D eigenvalue weighted by molar-refractivity contribution is 5.88. The van der Waals surface area contributed by atoms with Crippen LogP contribution in [0.1, 0.15) is 53.5 Å². The highest BCUT2D eigenvalue weighted by atomic mass is 35.5. The Labute approximate surface area is 216 Å². The van der Waals surface area contributed by atoms with E-state index in [0.717, 1.165) is 49.0 Å². The SMILES string of the molecule is CC(CCCc1ccc(F)cc1)c1cc(O)c2c3c(c(=O)oc2c1)CCN(Cc1ccccc1)C3.Cl. The van der Waals surface area contributed by atoms with Crippen molar-refractivity contribution >= 4 is 23.4 Å². The van der Waals surface area contributed by atoms with Crippen LogP contribution < -0.4 is 5.63 Å². The molecule has 1 unspecified atom stereocenters. The average Bonchev–Trinajstić information content (AvgIpc) is 2.85. The van der Waals surface area contributed by atoms with E-state index in [1.165, 1.54) is 17.7 Å². The molecule has 5 rings (SSSR count). The number of phenolic OH excluding ortho intramolecular Hbond substituents is 1. The van der Waals surface area contributed by atoms with Crippen molar-refractivity contribution in [2.75, 3.05) is 6.54 Å². The predicted octanol–water partition coefficient (Wildman–Crippen LogP) is 6.74. The number of hydrogen-bond donors (Lipinski definition) is 1.